The van der Waals surface area contributed by atoms with E-state index in [9.17, 15) is 8.42 Å². The van der Waals surface area contributed by atoms with Crippen LogP contribution in [0.1, 0.15) is 17.0 Å². The minimum atomic E-state index is -3.42. The first-order valence-corrected chi connectivity index (χ1v) is 10.8. The third-order valence-corrected chi connectivity index (χ3v) is 7.10. The Morgan fingerprint density at radius 2 is 1.96 bits per heavy atom. The molecule has 0 fully saturated rings. The third-order valence-electron chi connectivity index (χ3n) is 3.53. The molecule has 0 saturated carbocycles. The van der Waals surface area contributed by atoms with Crippen LogP contribution in [0.5, 0.6) is 0 Å². The number of benzene rings is 1. The van der Waals surface area contributed by atoms with Crippen LogP contribution in [-0.2, 0) is 16.4 Å². The van der Waals surface area contributed by atoms with Gasteiger partial charge in [0.05, 0.1) is 0 Å². The normalized spacial score (nSPS) is 11.6. The van der Waals surface area contributed by atoms with Gasteiger partial charge in [0.25, 0.3) is 0 Å². The third kappa shape index (κ3) is 4.85. The number of nitrogens with one attached hydrogen (secondary N) is 2. The van der Waals surface area contributed by atoms with Gasteiger partial charge in [-0.25, -0.2) is 18.1 Å². The Balaban J connectivity index is 1.48. The highest BCUT2D eigenvalue weighted by Gasteiger charge is 2.14. The zero-order valence-corrected chi connectivity index (χ0v) is 16.0. The Labute approximate surface area is 155 Å². The average Bonchev–Trinajstić information content (AvgIpc) is 3.26. The predicted octanol–water partition coefficient (Wildman–Crippen LogP) is 2.89. The fourth-order valence-corrected chi connectivity index (χ4v) is 4.90. The molecule has 0 radical (unpaired) electrons. The Morgan fingerprint density at radius 3 is 2.72 bits per heavy atom. The summed E-state index contributed by atoms with van der Waals surface area (Å²) >= 11 is 2.48. The second-order valence-electron chi connectivity index (χ2n) is 5.38. The van der Waals surface area contributed by atoms with E-state index < -0.39 is 10.0 Å². The van der Waals surface area contributed by atoms with Crippen LogP contribution in [0.25, 0.3) is 0 Å². The lowest BCUT2D eigenvalue weighted by Crippen LogP contribution is -2.28. The molecule has 3 aromatic rings. The van der Waals surface area contributed by atoms with Crippen molar-refractivity contribution in [2.24, 2.45) is 0 Å². The average molecular weight is 395 g/mol. The molecule has 9 heteroatoms. The molecule has 1 aromatic carbocycles. The van der Waals surface area contributed by atoms with Gasteiger partial charge in [0.2, 0.25) is 15.2 Å². The van der Waals surface area contributed by atoms with Gasteiger partial charge in [-0.05, 0) is 29.5 Å². The summed E-state index contributed by atoms with van der Waals surface area (Å²) in [5.74, 6) is 0.765. The van der Waals surface area contributed by atoms with Crippen molar-refractivity contribution in [2.45, 2.75) is 17.6 Å². The number of hydrogen-bond acceptors (Lipinski definition) is 7. The number of hydrogen-bond donors (Lipinski definition) is 2. The maximum absolute atomic E-state index is 12.0. The molecule has 2 aromatic heterocycles. The minimum absolute atomic E-state index is 0.285. The second kappa shape index (κ2) is 8.05. The van der Waals surface area contributed by atoms with Gasteiger partial charge in [-0.1, -0.05) is 30.3 Å². The molecule has 3 rings (SSSR count). The van der Waals surface area contributed by atoms with Gasteiger partial charge in [0.1, 0.15) is 10.0 Å². The van der Waals surface area contributed by atoms with Crippen molar-refractivity contribution in [2.75, 3.05) is 18.4 Å². The molecule has 2 N–H and O–H groups in total. The van der Waals surface area contributed by atoms with E-state index in [-0.39, 0.29) is 6.54 Å². The molecule has 0 amide bonds. The minimum Gasteiger partial charge on any atom is -0.359 e. The van der Waals surface area contributed by atoms with Crippen LogP contribution in [0.15, 0.2) is 46.0 Å². The van der Waals surface area contributed by atoms with E-state index in [1.165, 1.54) is 34.0 Å². The Hall–Kier alpha value is -1.81. The number of aromatic nitrogens is 2. The summed E-state index contributed by atoms with van der Waals surface area (Å²) in [7, 11) is -3.42. The van der Waals surface area contributed by atoms with E-state index in [1.54, 1.807) is 17.5 Å². The Kier molecular flexibility index (Phi) is 5.79. The maximum atomic E-state index is 12.0. The maximum Gasteiger partial charge on any atom is 0.250 e. The molecule has 2 heterocycles. The van der Waals surface area contributed by atoms with Crippen LogP contribution < -0.4 is 10.0 Å². The lowest BCUT2D eigenvalue weighted by atomic mass is 10.1. The van der Waals surface area contributed by atoms with E-state index in [0.29, 0.717) is 22.3 Å². The van der Waals surface area contributed by atoms with Gasteiger partial charge in [-0.2, -0.15) is 4.37 Å². The quantitative estimate of drug-likeness (QED) is 0.574. The van der Waals surface area contributed by atoms with Gasteiger partial charge in [-0.3, -0.25) is 0 Å². The molecular weight excluding hydrogens is 376 g/mol. The molecule has 6 nitrogen and oxygen atoms in total. The van der Waals surface area contributed by atoms with E-state index >= 15 is 0 Å². The fraction of sp³-hybridized carbons (Fsp3) is 0.250. The molecule has 25 heavy (non-hydrogen) atoms. The number of rotatable bonds is 8. The summed E-state index contributed by atoms with van der Waals surface area (Å²) in [5, 5.41) is 5.54. The molecule has 0 saturated heterocycles. The standard InChI is InChI=1S/C16H18N4O2S3/c1-12-5-2-3-6-13(12)11-14-19-16(24-20-14)17-8-9-18-25(21,22)15-7-4-10-23-15/h2-7,10,18H,8-9,11H2,1H3,(H,17,19,20). The van der Waals surface area contributed by atoms with Crippen molar-refractivity contribution >= 4 is 38.0 Å². The highest BCUT2D eigenvalue weighted by atomic mass is 32.2. The first-order chi connectivity index (χ1) is 12.0. The highest BCUT2D eigenvalue weighted by molar-refractivity contribution is 7.91. The van der Waals surface area contributed by atoms with Crippen molar-refractivity contribution in [1.82, 2.24) is 14.1 Å². The van der Waals surface area contributed by atoms with Crippen molar-refractivity contribution in [3.63, 3.8) is 0 Å². The Bertz CT molecular complexity index is 921. The van der Waals surface area contributed by atoms with Crippen molar-refractivity contribution in [3.8, 4) is 0 Å². The molecular formula is C16H18N4O2S3. The summed E-state index contributed by atoms with van der Waals surface area (Å²) in [6.07, 6.45) is 0.690. The molecule has 0 unspecified atom stereocenters. The molecule has 0 aliphatic carbocycles. The van der Waals surface area contributed by atoms with Gasteiger partial charge < -0.3 is 5.32 Å². The summed E-state index contributed by atoms with van der Waals surface area (Å²) in [5.41, 5.74) is 2.42. The molecule has 0 aliphatic heterocycles. The zero-order chi connectivity index (χ0) is 17.7. The second-order valence-corrected chi connectivity index (χ2v) is 9.07. The lowest BCUT2D eigenvalue weighted by Gasteiger charge is -2.05. The summed E-state index contributed by atoms with van der Waals surface area (Å²) in [6.45, 7) is 2.80. The van der Waals surface area contributed by atoms with E-state index in [1.807, 2.05) is 12.1 Å². The highest BCUT2D eigenvalue weighted by Crippen LogP contribution is 2.17. The van der Waals surface area contributed by atoms with Crippen molar-refractivity contribution in [3.05, 3.63) is 58.7 Å². The topological polar surface area (TPSA) is 84.0 Å². The Morgan fingerprint density at radius 1 is 1.12 bits per heavy atom. The SMILES string of the molecule is Cc1ccccc1Cc1nsc(NCCNS(=O)(=O)c2cccs2)n1. The van der Waals surface area contributed by atoms with E-state index in [4.69, 9.17) is 0 Å². The van der Waals surface area contributed by atoms with Crippen LogP contribution >= 0.6 is 22.9 Å². The summed E-state index contributed by atoms with van der Waals surface area (Å²) in [6, 6.07) is 11.5. The van der Waals surface area contributed by atoms with Gasteiger partial charge in [-0.15, -0.1) is 11.3 Å². The fourth-order valence-electron chi connectivity index (χ4n) is 2.22. The van der Waals surface area contributed by atoms with E-state index in [0.717, 1.165) is 5.82 Å². The molecule has 0 atom stereocenters. The monoisotopic (exact) mass is 394 g/mol. The first-order valence-electron chi connectivity index (χ1n) is 7.69. The van der Waals surface area contributed by atoms with Crippen molar-refractivity contribution in [1.29, 1.82) is 0 Å². The van der Waals surface area contributed by atoms with Crippen LogP contribution in [0.4, 0.5) is 5.13 Å². The lowest BCUT2D eigenvalue weighted by molar-refractivity contribution is 0.585. The van der Waals surface area contributed by atoms with Gasteiger partial charge in [0.15, 0.2) is 0 Å². The van der Waals surface area contributed by atoms with Crippen LogP contribution in [0.2, 0.25) is 0 Å². The first kappa shape index (κ1) is 18.0. The number of sulfonamides is 1. The number of nitrogens with zero attached hydrogens (tertiary/aromatic N) is 2. The van der Waals surface area contributed by atoms with Crippen LogP contribution in [-0.4, -0.2) is 30.9 Å². The number of aryl methyl sites for hydroxylation is 1. The number of thiophene rings is 1. The molecule has 0 bridgehead atoms. The largest absolute Gasteiger partial charge is 0.359 e. The molecule has 0 spiro atoms. The van der Waals surface area contributed by atoms with E-state index in [2.05, 4.69) is 38.5 Å². The molecule has 0 aliphatic rings. The summed E-state index contributed by atoms with van der Waals surface area (Å²) in [4.78, 5) is 4.45. The zero-order valence-electron chi connectivity index (χ0n) is 13.6. The smallest absolute Gasteiger partial charge is 0.250 e. The van der Waals surface area contributed by atoms with Crippen LogP contribution in [0.3, 0.4) is 0 Å². The van der Waals surface area contributed by atoms with Crippen LogP contribution in [0, 0.1) is 6.92 Å². The van der Waals surface area contributed by atoms with Crippen molar-refractivity contribution < 1.29 is 8.42 Å². The van der Waals surface area contributed by atoms with Gasteiger partial charge in [0, 0.05) is 31.0 Å². The molecule has 132 valence electrons. The van der Waals surface area contributed by atoms with Gasteiger partial charge >= 0.3 is 0 Å². The predicted molar refractivity (Wildman–Crippen MR) is 102 cm³/mol. The number of anilines is 1. The summed E-state index contributed by atoms with van der Waals surface area (Å²) < 4.78 is 31.2.